The first kappa shape index (κ1) is 60.7. The van der Waals surface area contributed by atoms with Crippen molar-refractivity contribution in [3.63, 3.8) is 0 Å². The van der Waals surface area contributed by atoms with E-state index in [4.69, 9.17) is 43.1 Å². The molecular formula is C67H81N11O13S. The Kier molecular flexibility index (Phi) is 16.1. The van der Waals surface area contributed by atoms with Gasteiger partial charge in [0.05, 0.1) is 89.9 Å². The SMILES string of the molecule is CC(C)Oc1ccccc1[C@@H]1CN([C@@H]2COCc3c2cnc2c3OC[C@@H](C)N2[C@H](C)CO)CCN1C1CC2(CCN(c3ccc(C(=O)NS(=O)(=O)c4cc5c(c([N+](=O)[O-])c4)N[C@H](C4CCOCC4)CO5)c(N4c5cc6cc[nH]c6nc5O[C@H]5COCC[C@@H]54)c3)CC2)C1. The molecule has 5 fully saturated rings. The third-order valence-corrected chi connectivity index (χ3v) is 22.3. The predicted octanol–water partition coefficient (Wildman–Crippen LogP) is 8.41. The minimum Gasteiger partial charge on any atom is -0.491 e. The number of ether oxygens (including phenoxy) is 7. The van der Waals surface area contributed by atoms with Crippen LogP contribution in [0.2, 0.25) is 0 Å². The minimum absolute atomic E-state index is 0.00616. The standard InChI is InChI=1S/C67H81N11O13S/c1-39(2)90-58-8-6-5-7-47(58)56-32-74(57-37-87-35-50-49(57)31-69-64-62(50)89-34-41(4)76(64)40(3)33-79)20-21-75(56)45-29-67(30-45)15-18-73(19-16-67)44-9-10-48(53(26-44)77-52-14-24-86-38-60(52)91-66-55(77)25-43-11-17-68-63(43)71-66)65(80)72-92(83,84)46-27-54(78(81)82)61-59(28-46)88-36-51(70-61)42-12-22-85-23-13-42/h5-11,17,25-28,31,39-42,45,51-52,56-57,60,70,79H,12-16,18-24,29-30,32-38H2,1-4H3,(H,68,71)(H,72,80)/t40-,41-,51+,52+,56+,57-,60+/m1/s1. The number of nitrogens with one attached hydrogen (secondary N) is 3. The van der Waals surface area contributed by atoms with Gasteiger partial charge in [0.15, 0.2) is 23.0 Å². The van der Waals surface area contributed by atoms with Crippen LogP contribution in [0.5, 0.6) is 23.1 Å². The van der Waals surface area contributed by atoms with Gasteiger partial charge in [0.1, 0.15) is 36.4 Å². The van der Waals surface area contributed by atoms with Gasteiger partial charge < -0.3 is 63.3 Å². The molecule has 1 amide bonds. The second-order valence-electron chi connectivity index (χ2n) is 26.9. The number of aliphatic hydroxyl groups is 1. The molecule has 1 spiro atoms. The summed E-state index contributed by atoms with van der Waals surface area (Å²) < 4.78 is 75.1. The molecule has 6 aromatic rings. The highest BCUT2D eigenvalue weighted by molar-refractivity contribution is 7.90. The van der Waals surface area contributed by atoms with E-state index in [-0.39, 0.29) is 90.5 Å². The van der Waals surface area contributed by atoms with E-state index in [1.807, 2.05) is 37.4 Å². The van der Waals surface area contributed by atoms with Crippen molar-refractivity contribution in [1.29, 1.82) is 0 Å². The van der Waals surface area contributed by atoms with Crippen LogP contribution < -0.4 is 43.7 Å². The lowest BCUT2D eigenvalue weighted by Crippen LogP contribution is -2.60. The van der Waals surface area contributed by atoms with Gasteiger partial charge in [-0.3, -0.25) is 24.7 Å². The fraction of sp³-hybridized carbons (Fsp3) is 0.537. The van der Waals surface area contributed by atoms with Gasteiger partial charge in [0.2, 0.25) is 5.88 Å². The quantitative estimate of drug-likeness (QED) is 0.0589. The molecular weight excluding hydrogens is 1200 g/mol. The highest BCUT2D eigenvalue weighted by Crippen LogP contribution is 2.55. The topological polar surface area (TPSA) is 261 Å². The van der Waals surface area contributed by atoms with Crippen molar-refractivity contribution < 1.29 is 56.4 Å². The fourth-order valence-electron chi connectivity index (χ4n) is 16.2. The van der Waals surface area contributed by atoms with Gasteiger partial charge in [-0.15, -0.1) is 0 Å². The van der Waals surface area contributed by atoms with Gasteiger partial charge in [-0.2, -0.15) is 4.98 Å². The zero-order valence-corrected chi connectivity index (χ0v) is 53.3. The van der Waals surface area contributed by atoms with E-state index in [1.165, 1.54) is 11.6 Å². The number of hydrogen-bond acceptors (Lipinski definition) is 21. The molecule has 9 aliphatic rings. The number of nitro benzene ring substituents is 1. The molecule has 0 radical (unpaired) electrons. The number of para-hydroxylation sites is 1. The monoisotopic (exact) mass is 1280 g/mol. The lowest BCUT2D eigenvalue weighted by molar-refractivity contribution is -0.384. The number of piperazine rings is 1. The predicted molar refractivity (Wildman–Crippen MR) is 343 cm³/mol. The average Bonchev–Trinajstić information content (AvgIpc) is 0.874. The second-order valence-corrected chi connectivity index (χ2v) is 28.6. The van der Waals surface area contributed by atoms with Crippen LogP contribution in [-0.4, -0.2) is 177 Å². The van der Waals surface area contributed by atoms with E-state index >= 15 is 4.79 Å². The Labute approximate surface area is 535 Å². The van der Waals surface area contributed by atoms with Gasteiger partial charge in [-0.1, -0.05) is 18.2 Å². The number of sulfonamides is 1. The maximum Gasteiger partial charge on any atom is 0.297 e. The number of anilines is 5. The maximum absolute atomic E-state index is 15.0. The summed E-state index contributed by atoms with van der Waals surface area (Å²) in [7, 11) is -4.74. The first-order chi connectivity index (χ1) is 44.6. The molecule has 3 aromatic carbocycles. The van der Waals surface area contributed by atoms with E-state index in [2.05, 4.69) is 84.6 Å². The van der Waals surface area contributed by atoms with E-state index in [0.29, 0.717) is 75.0 Å². The lowest BCUT2D eigenvalue weighted by atomic mass is 9.59. The molecule has 8 aliphatic heterocycles. The van der Waals surface area contributed by atoms with Crippen LogP contribution in [0, 0.1) is 21.4 Å². The van der Waals surface area contributed by atoms with Gasteiger partial charge >= 0.3 is 0 Å². The Morgan fingerprint density at radius 3 is 2.52 bits per heavy atom. The molecule has 3 aromatic heterocycles. The number of rotatable bonds is 14. The van der Waals surface area contributed by atoms with E-state index in [9.17, 15) is 23.6 Å². The number of pyridine rings is 2. The van der Waals surface area contributed by atoms with Crippen molar-refractivity contribution in [3.05, 3.63) is 111 Å². The number of aromatic nitrogens is 3. The molecule has 11 heterocycles. The molecule has 1 aliphatic carbocycles. The smallest absolute Gasteiger partial charge is 0.297 e. The largest absolute Gasteiger partial charge is 0.491 e. The van der Waals surface area contributed by atoms with E-state index < -0.39 is 37.5 Å². The number of piperidine rings is 1. The van der Waals surface area contributed by atoms with E-state index in [1.54, 1.807) is 12.3 Å². The summed E-state index contributed by atoms with van der Waals surface area (Å²) in [6.45, 7) is 15.8. The van der Waals surface area contributed by atoms with Gasteiger partial charge in [-0.05, 0) is 126 Å². The average molecular weight is 1280 g/mol. The third kappa shape index (κ3) is 11.1. The molecule has 4 N–H and O–H groups in total. The number of nitrogens with zero attached hydrogens (tertiary/aromatic N) is 8. The van der Waals surface area contributed by atoms with Gasteiger partial charge in [-0.25, -0.2) is 18.1 Å². The number of nitro groups is 1. The summed E-state index contributed by atoms with van der Waals surface area (Å²) in [4.78, 5) is 51.7. The fourth-order valence-corrected chi connectivity index (χ4v) is 17.2. The van der Waals surface area contributed by atoms with Crippen LogP contribution in [0.15, 0.2) is 84.0 Å². The zero-order valence-electron chi connectivity index (χ0n) is 52.5. The number of H-pyrrole nitrogens is 1. The normalized spacial score (nSPS) is 25.4. The van der Waals surface area contributed by atoms with Crippen molar-refractivity contribution in [2.24, 2.45) is 11.3 Å². The number of fused-ring (bicyclic) bond motifs is 7. The summed E-state index contributed by atoms with van der Waals surface area (Å²) in [6, 6.07) is 20.0. The van der Waals surface area contributed by atoms with Crippen molar-refractivity contribution >= 4 is 61.2 Å². The molecule has 0 unspecified atom stereocenters. The highest BCUT2D eigenvalue weighted by Gasteiger charge is 2.52. The summed E-state index contributed by atoms with van der Waals surface area (Å²) in [5.41, 5.74) is 5.78. The molecule has 7 atom stereocenters. The Balaban J connectivity index is 0.697. The number of aromatic amines is 1. The number of amides is 1. The highest BCUT2D eigenvalue weighted by atomic mass is 32.2. The molecule has 4 saturated heterocycles. The maximum atomic E-state index is 15.0. The first-order valence-electron chi connectivity index (χ1n) is 32.7. The van der Waals surface area contributed by atoms with Gasteiger partial charge in [0, 0.05) is 105 Å². The Hall–Kier alpha value is -7.52. The number of benzene rings is 3. The summed E-state index contributed by atoms with van der Waals surface area (Å²) in [5, 5.41) is 27.0. The van der Waals surface area contributed by atoms with Crippen LogP contribution >= 0.6 is 0 Å². The van der Waals surface area contributed by atoms with Crippen LogP contribution in [-0.2, 0) is 30.8 Å². The third-order valence-electron chi connectivity index (χ3n) is 21.0. The minimum atomic E-state index is -4.74. The van der Waals surface area contributed by atoms with Crippen molar-refractivity contribution in [1.82, 2.24) is 29.5 Å². The molecule has 1 saturated carbocycles. The van der Waals surface area contributed by atoms with E-state index in [0.717, 1.165) is 117 Å². The van der Waals surface area contributed by atoms with Crippen LogP contribution in [0.4, 0.5) is 34.3 Å². The molecule has 488 valence electrons. The van der Waals surface area contributed by atoms with Crippen molar-refractivity contribution in [2.45, 2.75) is 139 Å². The number of hydrogen-bond donors (Lipinski definition) is 4. The molecule has 15 rings (SSSR count). The van der Waals surface area contributed by atoms with Gasteiger partial charge in [0.25, 0.3) is 21.6 Å². The molecule has 25 heteroatoms. The van der Waals surface area contributed by atoms with Crippen molar-refractivity contribution in [2.75, 3.05) is 106 Å². The Morgan fingerprint density at radius 1 is 0.902 bits per heavy atom. The second kappa shape index (κ2) is 24.4. The summed E-state index contributed by atoms with van der Waals surface area (Å²) in [5.74, 6) is 2.03. The summed E-state index contributed by atoms with van der Waals surface area (Å²) in [6.07, 6.45) is 9.43. The van der Waals surface area contributed by atoms with Crippen LogP contribution in [0.3, 0.4) is 0 Å². The Morgan fingerprint density at radius 2 is 1.72 bits per heavy atom. The number of carbonyl (C=O) groups is 1. The summed E-state index contributed by atoms with van der Waals surface area (Å²) >= 11 is 0. The molecule has 92 heavy (non-hydrogen) atoms. The van der Waals surface area contributed by atoms with Crippen molar-refractivity contribution in [3.8, 4) is 23.1 Å². The number of carbonyl (C=O) groups excluding carboxylic acids is 1. The number of aliphatic hydroxyl groups excluding tert-OH is 1. The van der Waals surface area contributed by atoms with Crippen LogP contribution in [0.25, 0.3) is 11.0 Å². The zero-order chi connectivity index (χ0) is 63.2. The lowest BCUT2D eigenvalue weighted by Gasteiger charge is -2.58. The Bertz CT molecular complexity index is 3910. The molecule has 0 bridgehead atoms. The first-order valence-corrected chi connectivity index (χ1v) is 34.2. The molecule has 24 nitrogen and oxygen atoms in total. The van der Waals surface area contributed by atoms with Crippen LogP contribution in [0.1, 0.15) is 112 Å².